The number of halogens is 1. The molecule has 1 amide bonds. The van der Waals surface area contributed by atoms with Crippen LogP contribution in [0.1, 0.15) is 23.2 Å². The number of hydrogen-bond acceptors (Lipinski definition) is 3. The van der Waals surface area contributed by atoms with Crippen molar-refractivity contribution in [3.05, 3.63) is 28.2 Å². The summed E-state index contributed by atoms with van der Waals surface area (Å²) in [6, 6.07) is 4.70. The molecule has 1 fully saturated rings. The number of carbonyl (C=O) groups excluding carboxylic acids is 1. The lowest BCUT2D eigenvalue weighted by molar-refractivity contribution is 0.0867. The second-order valence-corrected chi connectivity index (χ2v) is 7.17. The first kappa shape index (κ1) is 11.2. The Morgan fingerprint density at radius 1 is 1.35 bits per heavy atom. The maximum Gasteiger partial charge on any atom is 0.269 e. The average Bonchev–Trinajstić information content (AvgIpc) is 3.05. The first-order chi connectivity index (χ1) is 8.00. The maximum absolute atomic E-state index is 12.2. The summed E-state index contributed by atoms with van der Waals surface area (Å²) in [5, 5.41) is 0. The predicted octanol–water partition coefficient (Wildman–Crippen LogP) is 2.00. The molecule has 90 valence electrons. The van der Waals surface area contributed by atoms with Crippen molar-refractivity contribution >= 4 is 31.9 Å². The van der Waals surface area contributed by atoms with E-state index in [1.807, 2.05) is 0 Å². The summed E-state index contributed by atoms with van der Waals surface area (Å²) in [6.45, 7) is 0.327. The van der Waals surface area contributed by atoms with Crippen LogP contribution in [0.15, 0.2) is 27.6 Å². The zero-order valence-corrected chi connectivity index (χ0v) is 11.3. The molecular formula is C11H10BrNO3S. The highest BCUT2D eigenvalue weighted by atomic mass is 79.9. The lowest BCUT2D eigenvalue weighted by Gasteiger charge is -2.13. The molecule has 17 heavy (non-hydrogen) atoms. The van der Waals surface area contributed by atoms with Gasteiger partial charge in [-0.25, -0.2) is 12.7 Å². The van der Waals surface area contributed by atoms with Gasteiger partial charge in [-0.05, 0) is 37.0 Å². The standard InChI is InChI=1S/C11H10BrNO3S/c12-8-3-4-10-9(5-8)11(14)13(17(10,15)16)6-7-1-2-7/h3-5,7H,1-2,6H2. The molecule has 0 unspecified atom stereocenters. The molecule has 1 aromatic rings. The van der Waals surface area contributed by atoms with E-state index in [-0.39, 0.29) is 10.5 Å². The quantitative estimate of drug-likeness (QED) is 0.838. The normalized spacial score (nSPS) is 21.7. The van der Waals surface area contributed by atoms with Crippen LogP contribution in [0.2, 0.25) is 0 Å². The fourth-order valence-electron chi connectivity index (χ4n) is 1.97. The van der Waals surface area contributed by atoms with Crippen molar-refractivity contribution < 1.29 is 13.2 Å². The van der Waals surface area contributed by atoms with E-state index in [1.165, 1.54) is 6.07 Å². The van der Waals surface area contributed by atoms with Gasteiger partial charge >= 0.3 is 0 Å². The van der Waals surface area contributed by atoms with Crippen LogP contribution in [0.4, 0.5) is 0 Å². The molecule has 0 bridgehead atoms. The van der Waals surface area contributed by atoms with Crippen molar-refractivity contribution in [2.75, 3.05) is 6.54 Å². The molecule has 0 spiro atoms. The van der Waals surface area contributed by atoms with Gasteiger partial charge in [-0.2, -0.15) is 0 Å². The van der Waals surface area contributed by atoms with E-state index in [0.717, 1.165) is 17.1 Å². The van der Waals surface area contributed by atoms with Crippen LogP contribution in [0.25, 0.3) is 0 Å². The van der Waals surface area contributed by atoms with Crippen molar-refractivity contribution in [1.82, 2.24) is 4.31 Å². The van der Waals surface area contributed by atoms with Crippen LogP contribution >= 0.6 is 15.9 Å². The SMILES string of the molecule is O=C1c2cc(Br)ccc2S(=O)(=O)N1CC1CC1. The molecular weight excluding hydrogens is 306 g/mol. The number of rotatable bonds is 2. The largest absolute Gasteiger partial charge is 0.269 e. The molecule has 1 heterocycles. The summed E-state index contributed by atoms with van der Waals surface area (Å²) >= 11 is 3.25. The monoisotopic (exact) mass is 315 g/mol. The van der Waals surface area contributed by atoms with Gasteiger partial charge in [0.15, 0.2) is 0 Å². The minimum Gasteiger partial charge on any atom is -0.268 e. The van der Waals surface area contributed by atoms with Gasteiger partial charge in [0.25, 0.3) is 15.9 Å². The Labute approximate surface area is 108 Å². The zero-order valence-electron chi connectivity index (χ0n) is 8.89. The second-order valence-electron chi connectivity index (χ2n) is 4.43. The summed E-state index contributed by atoms with van der Waals surface area (Å²) < 4.78 is 26.0. The maximum atomic E-state index is 12.2. The fourth-order valence-corrected chi connectivity index (χ4v) is 3.96. The Morgan fingerprint density at radius 2 is 2.06 bits per heavy atom. The summed E-state index contributed by atoms with van der Waals surface area (Å²) in [5.41, 5.74) is 0.278. The molecule has 0 N–H and O–H groups in total. The average molecular weight is 316 g/mol. The third-order valence-electron chi connectivity index (χ3n) is 3.09. The van der Waals surface area contributed by atoms with Gasteiger partial charge in [-0.15, -0.1) is 0 Å². The van der Waals surface area contributed by atoms with Crippen LogP contribution in [0.3, 0.4) is 0 Å². The van der Waals surface area contributed by atoms with Crippen LogP contribution in [-0.4, -0.2) is 25.2 Å². The molecule has 0 atom stereocenters. The van der Waals surface area contributed by atoms with Crippen molar-refractivity contribution in [1.29, 1.82) is 0 Å². The Kier molecular flexibility index (Phi) is 2.35. The molecule has 0 saturated heterocycles. The highest BCUT2D eigenvalue weighted by Gasteiger charge is 2.43. The zero-order chi connectivity index (χ0) is 12.2. The first-order valence-electron chi connectivity index (χ1n) is 5.37. The van der Waals surface area contributed by atoms with Gasteiger partial charge in [-0.1, -0.05) is 15.9 Å². The highest BCUT2D eigenvalue weighted by molar-refractivity contribution is 9.10. The second kappa shape index (κ2) is 3.55. The lowest BCUT2D eigenvalue weighted by atomic mass is 10.2. The number of fused-ring (bicyclic) bond motifs is 1. The number of hydrogen-bond donors (Lipinski definition) is 0. The third kappa shape index (κ3) is 1.70. The Balaban J connectivity index is 2.10. The van der Waals surface area contributed by atoms with Crippen molar-refractivity contribution in [2.24, 2.45) is 5.92 Å². The van der Waals surface area contributed by atoms with Gasteiger partial charge in [0.2, 0.25) is 0 Å². The minimum atomic E-state index is -3.60. The summed E-state index contributed by atoms with van der Waals surface area (Å²) in [4.78, 5) is 12.2. The Bertz CT molecular complexity index is 607. The number of amides is 1. The van der Waals surface area contributed by atoms with Crippen molar-refractivity contribution in [3.8, 4) is 0 Å². The van der Waals surface area contributed by atoms with Crippen LogP contribution < -0.4 is 0 Å². The van der Waals surface area contributed by atoms with Crippen LogP contribution in [0.5, 0.6) is 0 Å². The third-order valence-corrected chi connectivity index (χ3v) is 5.39. The van der Waals surface area contributed by atoms with Crippen LogP contribution in [-0.2, 0) is 10.0 Å². The molecule has 0 aromatic heterocycles. The Morgan fingerprint density at radius 3 is 2.71 bits per heavy atom. The highest BCUT2D eigenvalue weighted by Crippen LogP contribution is 2.37. The molecule has 0 radical (unpaired) electrons. The summed E-state index contributed by atoms with van der Waals surface area (Å²) in [5.74, 6) is -0.0420. The van der Waals surface area contributed by atoms with E-state index >= 15 is 0 Å². The summed E-state index contributed by atoms with van der Waals surface area (Å²) in [6.07, 6.45) is 2.03. The van der Waals surface area contributed by atoms with E-state index in [2.05, 4.69) is 15.9 Å². The molecule has 4 nitrogen and oxygen atoms in total. The fraction of sp³-hybridized carbons (Fsp3) is 0.364. The predicted molar refractivity (Wildman–Crippen MR) is 65.1 cm³/mol. The smallest absolute Gasteiger partial charge is 0.268 e. The minimum absolute atomic E-state index is 0.131. The number of nitrogens with zero attached hydrogens (tertiary/aromatic N) is 1. The van der Waals surface area contributed by atoms with E-state index in [4.69, 9.17) is 0 Å². The molecule has 3 rings (SSSR count). The number of sulfonamides is 1. The molecule has 1 saturated carbocycles. The van der Waals surface area contributed by atoms with E-state index < -0.39 is 15.9 Å². The number of benzene rings is 1. The molecule has 2 aliphatic rings. The van der Waals surface area contributed by atoms with E-state index in [1.54, 1.807) is 12.1 Å². The van der Waals surface area contributed by atoms with Gasteiger partial charge in [0.05, 0.1) is 5.56 Å². The van der Waals surface area contributed by atoms with Gasteiger partial charge in [0, 0.05) is 11.0 Å². The van der Waals surface area contributed by atoms with Crippen molar-refractivity contribution in [2.45, 2.75) is 17.7 Å². The van der Waals surface area contributed by atoms with E-state index in [9.17, 15) is 13.2 Å². The number of carbonyl (C=O) groups is 1. The van der Waals surface area contributed by atoms with Gasteiger partial charge < -0.3 is 0 Å². The summed E-state index contributed by atoms with van der Waals surface area (Å²) in [7, 11) is -3.60. The first-order valence-corrected chi connectivity index (χ1v) is 7.60. The molecule has 6 heteroatoms. The molecule has 1 aliphatic carbocycles. The van der Waals surface area contributed by atoms with Crippen molar-refractivity contribution in [3.63, 3.8) is 0 Å². The molecule has 1 aromatic carbocycles. The van der Waals surface area contributed by atoms with Crippen LogP contribution in [0, 0.1) is 5.92 Å². The lowest BCUT2D eigenvalue weighted by Crippen LogP contribution is -2.31. The Hall–Kier alpha value is -0.880. The van der Waals surface area contributed by atoms with E-state index in [0.29, 0.717) is 16.9 Å². The molecule has 1 aliphatic heterocycles. The topological polar surface area (TPSA) is 54.5 Å². The van der Waals surface area contributed by atoms with Gasteiger partial charge in [-0.3, -0.25) is 4.79 Å². The van der Waals surface area contributed by atoms with Gasteiger partial charge in [0.1, 0.15) is 4.90 Å².